The van der Waals surface area contributed by atoms with Crippen molar-refractivity contribution in [2.24, 2.45) is 0 Å². The highest BCUT2D eigenvalue weighted by atomic mass is 16.2. The molecule has 0 aromatic carbocycles. The van der Waals surface area contributed by atoms with Crippen LogP contribution in [0.25, 0.3) is 0 Å². The molecule has 0 bridgehead atoms. The lowest BCUT2D eigenvalue weighted by atomic mass is 9.99. The van der Waals surface area contributed by atoms with Gasteiger partial charge >= 0.3 is 6.03 Å². The van der Waals surface area contributed by atoms with Crippen molar-refractivity contribution in [1.29, 1.82) is 0 Å². The number of nitrogens with zero attached hydrogens (tertiary/aromatic N) is 2. The molecule has 2 saturated heterocycles. The number of hydrogen-bond donors (Lipinski definition) is 2. The molecule has 1 unspecified atom stereocenters. The van der Waals surface area contributed by atoms with Crippen molar-refractivity contribution in [3.8, 4) is 0 Å². The molecule has 0 radical (unpaired) electrons. The second kappa shape index (κ2) is 4.62. The standard InChI is InChI=1S/C13H16N4O2/c18-11-13(4-7-15-9-13)16-12(19)17(11)8-3-10-1-5-14-6-2-10/h1-2,5-6,15H,3-4,7-9H2,(H,16,19). The molecule has 6 nitrogen and oxygen atoms in total. The van der Waals surface area contributed by atoms with E-state index in [0.29, 0.717) is 25.9 Å². The molecule has 2 aliphatic rings. The highest BCUT2D eigenvalue weighted by Crippen LogP contribution is 2.24. The van der Waals surface area contributed by atoms with E-state index < -0.39 is 5.54 Å². The smallest absolute Gasteiger partial charge is 0.322 e. The van der Waals surface area contributed by atoms with E-state index in [1.807, 2.05) is 12.1 Å². The first-order chi connectivity index (χ1) is 9.21. The Balaban J connectivity index is 1.68. The first-order valence-electron chi connectivity index (χ1n) is 6.45. The number of amides is 3. The molecule has 6 heteroatoms. The van der Waals surface area contributed by atoms with Crippen molar-refractivity contribution in [2.75, 3.05) is 19.6 Å². The molecule has 2 fully saturated rings. The fourth-order valence-corrected chi connectivity index (χ4v) is 2.65. The third kappa shape index (κ3) is 2.08. The Kier molecular flexibility index (Phi) is 2.94. The summed E-state index contributed by atoms with van der Waals surface area (Å²) >= 11 is 0. The molecule has 0 aliphatic carbocycles. The van der Waals surface area contributed by atoms with Gasteiger partial charge in [0.25, 0.3) is 5.91 Å². The number of aromatic nitrogens is 1. The van der Waals surface area contributed by atoms with E-state index >= 15 is 0 Å². The zero-order chi connectivity index (χ0) is 13.3. The van der Waals surface area contributed by atoms with Crippen molar-refractivity contribution in [3.05, 3.63) is 30.1 Å². The van der Waals surface area contributed by atoms with Crippen molar-refractivity contribution in [2.45, 2.75) is 18.4 Å². The second-order valence-corrected chi connectivity index (χ2v) is 5.00. The van der Waals surface area contributed by atoms with Gasteiger partial charge < -0.3 is 10.6 Å². The number of imide groups is 1. The van der Waals surface area contributed by atoms with E-state index in [2.05, 4.69) is 15.6 Å². The third-order valence-electron chi connectivity index (χ3n) is 3.77. The lowest BCUT2D eigenvalue weighted by Gasteiger charge is -2.19. The van der Waals surface area contributed by atoms with Crippen molar-refractivity contribution in [1.82, 2.24) is 20.5 Å². The number of rotatable bonds is 3. The van der Waals surface area contributed by atoms with Gasteiger partial charge in [0.15, 0.2) is 0 Å². The van der Waals surface area contributed by atoms with Crippen LogP contribution in [0, 0.1) is 0 Å². The minimum Gasteiger partial charge on any atom is -0.322 e. The van der Waals surface area contributed by atoms with Crippen LogP contribution >= 0.6 is 0 Å². The largest absolute Gasteiger partial charge is 0.325 e. The van der Waals surface area contributed by atoms with E-state index in [4.69, 9.17) is 0 Å². The van der Waals surface area contributed by atoms with E-state index in [-0.39, 0.29) is 11.9 Å². The fourth-order valence-electron chi connectivity index (χ4n) is 2.65. The number of carbonyl (C=O) groups excluding carboxylic acids is 2. The Labute approximate surface area is 111 Å². The van der Waals surface area contributed by atoms with Crippen LogP contribution in [0.5, 0.6) is 0 Å². The second-order valence-electron chi connectivity index (χ2n) is 5.00. The van der Waals surface area contributed by atoms with E-state index in [9.17, 15) is 9.59 Å². The van der Waals surface area contributed by atoms with E-state index in [1.165, 1.54) is 4.90 Å². The Hall–Kier alpha value is -1.95. The quantitative estimate of drug-likeness (QED) is 0.745. The van der Waals surface area contributed by atoms with Gasteiger partial charge in [0.2, 0.25) is 0 Å². The molecule has 19 heavy (non-hydrogen) atoms. The third-order valence-corrected chi connectivity index (χ3v) is 3.77. The van der Waals surface area contributed by atoms with Gasteiger partial charge in [-0.1, -0.05) is 0 Å². The topological polar surface area (TPSA) is 74.3 Å². The molecule has 1 aromatic heterocycles. The molecule has 2 aliphatic heterocycles. The minimum absolute atomic E-state index is 0.100. The summed E-state index contributed by atoms with van der Waals surface area (Å²) in [5.74, 6) is -0.100. The van der Waals surface area contributed by atoms with Gasteiger partial charge in [0, 0.05) is 25.5 Å². The van der Waals surface area contributed by atoms with Crippen LogP contribution in [-0.2, 0) is 11.2 Å². The normalized spacial score (nSPS) is 26.2. The summed E-state index contributed by atoms with van der Waals surface area (Å²) in [4.78, 5) is 29.5. The SMILES string of the molecule is O=C1NC2(CCNC2)C(=O)N1CCc1ccncc1. The summed E-state index contributed by atoms with van der Waals surface area (Å²) < 4.78 is 0. The summed E-state index contributed by atoms with van der Waals surface area (Å²) in [5, 5.41) is 5.96. The predicted molar refractivity (Wildman–Crippen MR) is 68.4 cm³/mol. The van der Waals surface area contributed by atoms with Crippen LogP contribution in [0.4, 0.5) is 4.79 Å². The first kappa shape index (κ1) is 12.1. The maximum Gasteiger partial charge on any atom is 0.325 e. The van der Waals surface area contributed by atoms with Crippen LogP contribution < -0.4 is 10.6 Å². The summed E-state index contributed by atoms with van der Waals surface area (Å²) in [6.45, 7) is 1.71. The average molecular weight is 260 g/mol. The summed E-state index contributed by atoms with van der Waals surface area (Å²) in [6.07, 6.45) is 4.75. The summed E-state index contributed by atoms with van der Waals surface area (Å²) in [5.41, 5.74) is 0.371. The summed E-state index contributed by atoms with van der Waals surface area (Å²) in [7, 11) is 0. The van der Waals surface area contributed by atoms with Crippen LogP contribution in [-0.4, -0.2) is 47.0 Å². The molecule has 3 rings (SSSR count). The number of hydrogen-bond acceptors (Lipinski definition) is 4. The lowest BCUT2D eigenvalue weighted by Crippen LogP contribution is -2.48. The first-order valence-corrected chi connectivity index (χ1v) is 6.45. The number of pyridine rings is 1. The van der Waals surface area contributed by atoms with Crippen molar-refractivity contribution >= 4 is 11.9 Å². The predicted octanol–water partition coefficient (Wildman–Crippen LogP) is -0.0920. The van der Waals surface area contributed by atoms with Crippen LogP contribution in [0.3, 0.4) is 0 Å². The molecular weight excluding hydrogens is 244 g/mol. The average Bonchev–Trinajstić information content (AvgIpc) is 2.97. The number of carbonyl (C=O) groups is 2. The molecule has 3 amide bonds. The van der Waals surface area contributed by atoms with Gasteiger partial charge in [0.05, 0.1) is 0 Å². The molecule has 1 spiro atoms. The van der Waals surface area contributed by atoms with Crippen LogP contribution in [0.1, 0.15) is 12.0 Å². The maximum atomic E-state index is 12.4. The van der Waals surface area contributed by atoms with Crippen LogP contribution in [0.15, 0.2) is 24.5 Å². The Morgan fingerprint density at radius 1 is 1.32 bits per heavy atom. The monoisotopic (exact) mass is 260 g/mol. The van der Waals surface area contributed by atoms with Crippen molar-refractivity contribution in [3.63, 3.8) is 0 Å². The van der Waals surface area contributed by atoms with E-state index in [1.54, 1.807) is 12.4 Å². The number of nitrogens with one attached hydrogen (secondary N) is 2. The Bertz CT molecular complexity index is 497. The summed E-state index contributed by atoms with van der Waals surface area (Å²) in [6, 6.07) is 3.51. The Morgan fingerprint density at radius 3 is 2.79 bits per heavy atom. The fraction of sp³-hybridized carbons (Fsp3) is 0.462. The maximum absolute atomic E-state index is 12.4. The minimum atomic E-state index is -0.699. The van der Waals surface area contributed by atoms with Gasteiger partial charge in [-0.3, -0.25) is 14.7 Å². The Morgan fingerprint density at radius 2 is 2.11 bits per heavy atom. The van der Waals surface area contributed by atoms with Gasteiger partial charge in [-0.25, -0.2) is 4.79 Å². The molecule has 2 N–H and O–H groups in total. The van der Waals surface area contributed by atoms with Gasteiger partial charge in [0.1, 0.15) is 5.54 Å². The van der Waals surface area contributed by atoms with Gasteiger partial charge in [-0.15, -0.1) is 0 Å². The van der Waals surface area contributed by atoms with Gasteiger partial charge in [-0.2, -0.15) is 0 Å². The van der Waals surface area contributed by atoms with Gasteiger partial charge in [-0.05, 0) is 37.1 Å². The molecule has 1 atom stereocenters. The molecular formula is C13H16N4O2. The van der Waals surface area contributed by atoms with E-state index in [0.717, 1.165) is 12.1 Å². The molecule has 100 valence electrons. The highest BCUT2D eigenvalue weighted by Gasteiger charge is 2.52. The zero-order valence-corrected chi connectivity index (χ0v) is 10.6. The molecule has 3 heterocycles. The zero-order valence-electron chi connectivity index (χ0n) is 10.6. The lowest BCUT2D eigenvalue weighted by molar-refractivity contribution is -0.130. The van der Waals surface area contributed by atoms with Crippen molar-refractivity contribution < 1.29 is 9.59 Å². The number of urea groups is 1. The molecule has 1 aromatic rings. The molecule has 0 saturated carbocycles. The van der Waals surface area contributed by atoms with Crippen LogP contribution in [0.2, 0.25) is 0 Å². The highest BCUT2D eigenvalue weighted by molar-refractivity contribution is 6.07.